The second kappa shape index (κ2) is 10.0. The zero-order valence-corrected chi connectivity index (χ0v) is 19.1. The van der Waals surface area contributed by atoms with E-state index in [1.54, 1.807) is 11.8 Å². The molecule has 2 aromatic rings. The summed E-state index contributed by atoms with van der Waals surface area (Å²) < 4.78 is 39.7. The van der Waals surface area contributed by atoms with Gasteiger partial charge in [-0.3, -0.25) is 4.79 Å². The van der Waals surface area contributed by atoms with Crippen molar-refractivity contribution < 1.29 is 22.8 Å². The molecule has 2 N–H and O–H groups in total. The SMILES string of the molecule is Cc1c(C(=O)N2CCC(NC(=O)NC3CCCCC3)CC2)cnn1-c1ccc(C(F)(F)F)cn1. The molecule has 1 aliphatic carbocycles. The molecule has 2 fully saturated rings. The normalized spacial score (nSPS) is 18.1. The molecule has 1 saturated carbocycles. The van der Waals surface area contributed by atoms with E-state index in [1.807, 2.05) is 0 Å². The highest BCUT2D eigenvalue weighted by atomic mass is 19.4. The highest BCUT2D eigenvalue weighted by molar-refractivity contribution is 5.95. The van der Waals surface area contributed by atoms with Gasteiger partial charge in [-0.1, -0.05) is 19.3 Å². The van der Waals surface area contributed by atoms with Crippen LogP contribution in [-0.4, -0.2) is 56.8 Å². The van der Waals surface area contributed by atoms with Crippen molar-refractivity contribution in [3.8, 4) is 5.82 Å². The fourth-order valence-electron chi connectivity index (χ4n) is 4.59. The summed E-state index contributed by atoms with van der Waals surface area (Å²) in [7, 11) is 0. The Morgan fingerprint density at radius 2 is 1.62 bits per heavy atom. The molecule has 11 heteroatoms. The second-order valence-electron chi connectivity index (χ2n) is 8.98. The van der Waals surface area contributed by atoms with Crippen molar-refractivity contribution in [1.29, 1.82) is 0 Å². The number of piperidine rings is 1. The van der Waals surface area contributed by atoms with E-state index < -0.39 is 11.7 Å². The minimum absolute atomic E-state index is 0.00723. The third-order valence-corrected chi connectivity index (χ3v) is 6.59. The van der Waals surface area contributed by atoms with Crippen LogP contribution in [0.3, 0.4) is 0 Å². The van der Waals surface area contributed by atoms with Crippen molar-refractivity contribution in [3.05, 3.63) is 41.3 Å². The number of rotatable bonds is 4. The van der Waals surface area contributed by atoms with Crippen LogP contribution in [0.4, 0.5) is 18.0 Å². The molecule has 0 bridgehead atoms. The van der Waals surface area contributed by atoms with Gasteiger partial charge in [0.2, 0.25) is 0 Å². The number of amides is 3. The van der Waals surface area contributed by atoms with E-state index in [0.717, 1.165) is 37.9 Å². The third-order valence-electron chi connectivity index (χ3n) is 6.59. The summed E-state index contributed by atoms with van der Waals surface area (Å²) in [6.07, 6.45) is 4.57. The molecule has 0 spiro atoms. The number of likely N-dealkylation sites (tertiary alicyclic amines) is 1. The Bertz CT molecular complexity index is 1010. The molecule has 0 aromatic carbocycles. The van der Waals surface area contributed by atoms with Gasteiger partial charge in [-0.2, -0.15) is 18.3 Å². The molecule has 34 heavy (non-hydrogen) atoms. The molecule has 4 rings (SSSR count). The minimum Gasteiger partial charge on any atom is -0.338 e. The lowest BCUT2D eigenvalue weighted by atomic mass is 9.96. The molecule has 0 unspecified atom stereocenters. The van der Waals surface area contributed by atoms with E-state index in [1.165, 1.54) is 23.4 Å². The van der Waals surface area contributed by atoms with Gasteiger partial charge in [0.1, 0.15) is 0 Å². The van der Waals surface area contributed by atoms with E-state index in [2.05, 4.69) is 20.7 Å². The Balaban J connectivity index is 1.32. The number of nitrogens with zero attached hydrogens (tertiary/aromatic N) is 4. The first-order valence-corrected chi connectivity index (χ1v) is 11.7. The highest BCUT2D eigenvalue weighted by Crippen LogP contribution is 2.29. The van der Waals surface area contributed by atoms with Crippen LogP contribution in [0, 0.1) is 6.92 Å². The van der Waals surface area contributed by atoms with Gasteiger partial charge in [-0.05, 0) is 44.7 Å². The van der Waals surface area contributed by atoms with Crippen LogP contribution in [-0.2, 0) is 6.18 Å². The molecule has 0 atom stereocenters. The van der Waals surface area contributed by atoms with E-state index >= 15 is 0 Å². The molecule has 3 amide bonds. The number of aromatic nitrogens is 3. The Hall–Kier alpha value is -3.11. The molecular weight excluding hydrogens is 449 g/mol. The Kier molecular flexibility index (Phi) is 7.08. The quantitative estimate of drug-likeness (QED) is 0.699. The highest BCUT2D eigenvalue weighted by Gasteiger charge is 2.31. The zero-order valence-electron chi connectivity index (χ0n) is 19.1. The van der Waals surface area contributed by atoms with Crippen LogP contribution in [0.2, 0.25) is 0 Å². The maximum Gasteiger partial charge on any atom is 0.417 e. The molecule has 1 saturated heterocycles. The van der Waals surface area contributed by atoms with Crippen LogP contribution in [0.1, 0.15) is 66.6 Å². The summed E-state index contributed by atoms with van der Waals surface area (Å²) in [6, 6.07) is 2.28. The summed E-state index contributed by atoms with van der Waals surface area (Å²) >= 11 is 0. The van der Waals surface area contributed by atoms with Crippen molar-refractivity contribution in [2.45, 2.75) is 70.1 Å². The fraction of sp³-hybridized carbons (Fsp3) is 0.565. The van der Waals surface area contributed by atoms with Gasteiger partial charge in [0.15, 0.2) is 5.82 Å². The Morgan fingerprint density at radius 3 is 2.21 bits per heavy atom. The Morgan fingerprint density at radius 1 is 0.971 bits per heavy atom. The van der Waals surface area contributed by atoms with Crippen molar-refractivity contribution in [1.82, 2.24) is 30.3 Å². The number of halogens is 3. The van der Waals surface area contributed by atoms with Crippen molar-refractivity contribution in [2.24, 2.45) is 0 Å². The van der Waals surface area contributed by atoms with Gasteiger partial charge in [0.25, 0.3) is 5.91 Å². The van der Waals surface area contributed by atoms with Crippen LogP contribution < -0.4 is 10.6 Å². The van der Waals surface area contributed by atoms with E-state index in [9.17, 15) is 22.8 Å². The number of alkyl halides is 3. The zero-order chi connectivity index (χ0) is 24.3. The lowest BCUT2D eigenvalue weighted by Gasteiger charge is -2.33. The van der Waals surface area contributed by atoms with Gasteiger partial charge >= 0.3 is 12.2 Å². The monoisotopic (exact) mass is 478 g/mol. The largest absolute Gasteiger partial charge is 0.417 e. The summed E-state index contributed by atoms with van der Waals surface area (Å²) in [5, 5.41) is 10.2. The molecular formula is C23H29F3N6O2. The van der Waals surface area contributed by atoms with E-state index in [0.29, 0.717) is 37.2 Å². The van der Waals surface area contributed by atoms with Gasteiger partial charge in [0, 0.05) is 31.4 Å². The lowest BCUT2D eigenvalue weighted by molar-refractivity contribution is -0.137. The lowest BCUT2D eigenvalue weighted by Crippen LogP contribution is -2.51. The van der Waals surface area contributed by atoms with E-state index in [4.69, 9.17) is 0 Å². The summed E-state index contributed by atoms with van der Waals surface area (Å²) in [5.41, 5.74) is 0.0359. The fourth-order valence-corrected chi connectivity index (χ4v) is 4.59. The summed E-state index contributed by atoms with van der Waals surface area (Å²) in [4.78, 5) is 30.9. The molecule has 2 aliphatic rings. The molecule has 184 valence electrons. The second-order valence-corrected chi connectivity index (χ2v) is 8.98. The number of carbonyl (C=O) groups is 2. The number of nitrogens with one attached hydrogen (secondary N) is 2. The van der Waals surface area contributed by atoms with Crippen molar-refractivity contribution in [3.63, 3.8) is 0 Å². The number of hydrogen-bond donors (Lipinski definition) is 2. The van der Waals surface area contributed by atoms with Gasteiger partial charge in [-0.25, -0.2) is 14.5 Å². The molecule has 0 radical (unpaired) electrons. The summed E-state index contributed by atoms with van der Waals surface area (Å²) in [6.45, 7) is 2.68. The predicted molar refractivity (Wildman–Crippen MR) is 119 cm³/mol. The first kappa shape index (κ1) is 24.0. The molecule has 8 nitrogen and oxygen atoms in total. The first-order valence-electron chi connectivity index (χ1n) is 11.7. The Labute approximate surface area is 195 Å². The average Bonchev–Trinajstić information content (AvgIpc) is 3.20. The number of urea groups is 1. The molecule has 2 aromatic heterocycles. The van der Waals surface area contributed by atoms with E-state index in [-0.39, 0.29) is 29.8 Å². The van der Waals surface area contributed by atoms with Crippen LogP contribution >= 0.6 is 0 Å². The number of carbonyl (C=O) groups excluding carboxylic acids is 2. The number of hydrogen-bond acceptors (Lipinski definition) is 4. The standard InChI is InChI=1S/C23H29F3N6O2/c1-15-19(14-28-32(15)20-8-7-16(13-27-20)23(24,25)26)21(33)31-11-9-18(10-12-31)30-22(34)29-17-5-3-2-4-6-17/h7-8,13-14,17-18H,2-6,9-12H2,1H3,(H2,29,30,34). The van der Waals surface area contributed by atoms with Crippen molar-refractivity contribution >= 4 is 11.9 Å². The first-order chi connectivity index (χ1) is 16.2. The van der Waals surface area contributed by atoms with Gasteiger partial charge in [0.05, 0.1) is 23.0 Å². The average molecular weight is 479 g/mol. The predicted octanol–water partition coefficient (Wildman–Crippen LogP) is 3.83. The van der Waals surface area contributed by atoms with Gasteiger partial charge < -0.3 is 15.5 Å². The number of pyridine rings is 1. The van der Waals surface area contributed by atoms with Crippen LogP contribution in [0.15, 0.2) is 24.5 Å². The van der Waals surface area contributed by atoms with Crippen LogP contribution in [0.25, 0.3) is 5.82 Å². The maximum absolute atomic E-state index is 13.0. The van der Waals surface area contributed by atoms with Gasteiger partial charge in [-0.15, -0.1) is 0 Å². The molecule has 3 heterocycles. The molecule has 1 aliphatic heterocycles. The van der Waals surface area contributed by atoms with Crippen molar-refractivity contribution in [2.75, 3.05) is 13.1 Å². The summed E-state index contributed by atoms with van der Waals surface area (Å²) in [5.74, 6) is 0.0113. The maximum atomic E-state index is 13.0. The smallest absolute Gasteiger partial charge is 0.338 e. The third kappa shape index (κ3) is 5.51. The van der Waals surface area contributed by atoms with Crippen LogP contribution in [0.5, 0.6) is 0 Å². The topological polar surface area (TPSA) is 92.2 Å². The minimum atomic E-state index is -4.47.